The van der Waals surface area contributed by atoms with Crippen LogP contribution in [0.3, 0.4) is 0 Å². The third-order valence-electron chi connectivity index (χ3n) is 5.32. The average molecular weight is 336 g/mol. The molecule has 0 bridgehead atoms. The van der Waals surface area contributed by atoms with E-state index >= 15 is 0 Å². The zero-order chi connectivity index (χ0) is 16.9. The van der Waals surface area contributed by atoms with Gasteiger partial charge in [0.2, 0.25) is 11.9 Å². The molecule has 2 aliphatic heterocycles. The second-order valence-corrected chi connectivity index (χ2v) is 6.75. The van der Waals surface area contributed by atoms with Crippen molar-refractivity contribution < 1.29 is 9.53 Å². The average Bonchev–Trinajstić information content (AvgIpc) is 3.05. The van der Waals surface area contributed by atoms with Crippen molar-refractivity contribution in [2.24, 2.45) is 5.92 Å². The molecule has 3 N–H and O–H groups in total. The van der Waals surface area contributed by atoms with Crippen LogP contribution in [0.2, 0.25) is 0 Å². The number of morpholine rings is 1. The van der Waals surface area contributed by atoms with E-state index in [1.165, 1.54) is 0 Å². The first-order valence-corrected chi connectivity index (χ1v) is 8.90. The molecule has 1 atom stereocenters. The lowest BCUT2D eigenvalue weighted by molar-refractivity contribution is -0.133. The van der Waals surface area contributed by atoms with Gasteiger partial charge in [-0.1, -0.05) is 0 Å². The number of aromatic nitrogens is 3. The van der Waals surface area contributed by atoms with Gasteiger partial charge in [0.1, 0.15) is 5.82 Å². The van der Waals surface area contributed by atoms with Gasteiger partial charge in [-0.15, -0.1) is 5.10 Å². The predicted octanol–water partition coefficient (Wildman–Crippen LogP) is 0.279. The number of nitrogens with two attached hydrogens (primary N) is 1. The van der Waals surface area contributed by atoms with Crippen molar-refractivity contribution in [3.8, 4) is 0 Å². The summed E-state index contributed by atoms with van der Waals surface area (Å²) in [5, 5.41) is 6.53. The summed E-state index contributed by atoms with van der Waals surface area (Å²) < 4.78 is 5.44. The third kappa shape index (κ3) is 4.24. The minimum atomic E-state index is 0.197. The zero-order valence-corrected chi connectivity index (χ0v) is 14.4. The molecule has 8 heteroatoms. The molecule has 2 fully saturated rings. The SMILES string of the molecule is C[C@@H](C1CCN(C(=O)CCc2nc(N)n[nH]2)CC1)N1CCOCC1. The van der Waals surface area contributed by atoms with Gasteiger partial charge in [-0.25, -0.2) is 0 Å². The van der Waals surface area contributed by atoms with Gasteiger partial charge in [-0.05, 0) is 25.7 Å². The molecule has 3 heterocycles. The van der Waals surface area contributed by atoms with E-state index in [4.69, 9.17) is 10.5 Å². The van der Waals surface area contributed by atoms with Crippen LogP contribution in [0.5, 0.6) is 0 Å². The molecule has 3 rings (SSSR count). The molecule has 0 aliphatic carbocycles. The number of H-pyrrole nitrogens is 1. The highest BCUT2D eigenvalue weighted by atomic mass is 16.5. The molecule has 134 valence electrons. The van der Waals surface area contributed by atoms with Crippen LogP contribution in [0.4, 0.5) is 5.95 Å². The molecule has 8 nitrogen and oxygen atoms in total. The van der Waals surface area contributed by atoms with Crippen molar-refractivity contribution in [1.29, 1.82) is 0 Å². The van der Waals surface area contributed by atoms with Gasteiger partial charge in [-0.3, -0.25) is 14.8 Å². The highest BCUT2D eigenvalue weighted by Crippen LogP contribution is 2.25. The van der Waals surface area contributed by atoms with Crippen molar-refractivity contribution in [1.82, 2.24) is 25.0 Å². The minimum Gasteiger partial charge on any atom is -0.379 e. The highest BCUT2D eigenvalue weighted by Gasteiger charge is 2.29. The van der Waals surface area contributed by atoms with Crippen molar-refractivity contribution in [3.05, 3.63) is 5.82 Å². The van der Waals surface area contributed by atoms with Crippen LogP contribution in [-0.4, -0.2) is 76.3 Å². The second kappa shape index (κ2) is 7.94. The molecule has 24 heavy (non-hydrogen) atoms. The summed E-state index contributed by atoms with van der Waals surface area (Å²) in [5.41, 5.74) is 5.47. The first-order valence-electron chi connectivity index (χ1n) is 8.90. The quantitative estimate of drug-likeness (QED) is 0.801. The lowest BCUT2D eigenvalue weighted by Crippen LogP contribution is -2.49. The molecule has 1 aromatic heterocycles. The summed E-state index contributed by atoms with van der Waals surface area (Å²) in [5.74, 6) is 1.77. The van der Waals surface area contributed by atoms with E-state index in [0.29, 0.717) is 30.6 Å². The van der Waals surface area contributed by atoms with Gasteiger partial charge in [-0.2, -0.15) is 4.98 Å². The van der Waals surface area contributed by atoms with Crippen LogP contribution in [0.1, 0.15) is 32.0 Å². The van der Waals surface area contributed by atoms with E-state index in [1.54, 1.807) is 0 Å². The number of nitrogens with one attached hydrogen (secondary N) is 1. The molecule has 0 spiro atoms. The number of anilines is 1. The lowest BCUT2D eigenvalue weighted by atomic mass is 9.89. The lowest BCUT2D eigenvalue weighted by Gasteiger charge is -2.41. The van der Waals surface area contributed by atoms with Gasteiger partial charge in [0.15, 0.2) is 0 Å². The molecule has 0 unspecified atom stereocenters. The molecule has 2 aliphatic rings. The number of hydrogen-bond donors (Lipinski definition) is 2. The third-order valence-corrected chi connectivity index (χ3v) is 5.32. The number of rotatable bonds is 5. The molecule has 2 saturated heterocycles. The van der Waals surface area contributed by atoms with Gasteiger partial charge < -0.3 is 15.4 Å². The fourth-order valence-electron chi connectivity index (χ4n) is 3.72. The van der Waals surface area contributed by atoms with Gasteiger partial charge in [0, 0.05) is 45.1 Å². The van der Waals surface area contributed by atoms with Crippen molar-refractivity contribution in [3.63, 3.8) is 0 Å². The number of ether oxygens (including phenoxy) is 1. The zero-order valence-electron chi connectivity index (χ0n) is 14.4. The van der Waals surface area contributed by atoms with Crippen LogP contribution < -0.4 is 5.73 Å². The molecule has 1 aromatic rings. The molecule has 0 aromatic carbocycles. The first-order chi connectivity index (χ1) is 11.6. The minimum absolute atomic E-state index is 0.197. The maximum atomic E-state index is 12.4. The number of carbonyl (C=O) groups excluding carboxylic acids is 1. The fraction of sp³-hybridized carbons (Fsp3) is 0.812. The summed E-state index contributed by atoms with van der Waals surface area (Å²) in [6.07, 6.45) is 3.19. The van der Waals surface area contributed by atoms with Crippen LogP contribution >= 0.6 is 0 Å². The van der Waals surface area contributed by atoms with E-state index < -0.39 is 0 Å². The standard InChI is InChI=1S/C16H28N6O2/c1-12(21-8-10-24-11-9-21)13-4-6-22(7-5-13)15(23)3-2-14-18-16(17)20-19-14/h12-13H,2-11H2,1H3,(H3,17,18,19,20)/t12-/m0/s1. The van der Waals surface area contributed by atoms with Gasteiger partial charge in [0.25, 0.3) is 0 Å². The summed E-state index contributed by atoms with van der Waals surface area (Å²) in [6, 6.07) is 0.573. The molecular weight excluding hydrogens is 308 g/mol. The Morgan fingerprint density at radius 2 is 2.04 bits per heavy atom. The number of nitrogens with zero attached hydrogens (tertiary/aromatic N) is 4. The highest BCUT2D eigenvalue weighted by molar-refractivity contribution is 5.76. The van der Waals surface area contributed by atoms with Gasteiger partial charge in [0.05, 0.1) is 13.2 Å². The Balaban J connectivity index is 1.41. The Labute approximate surface area is 142 Å². The Kier molecular flexibility index (Phi) is 5.68. The number of piperidine rings is 1. The number of aryl methyl sites for hydroxylation is 1. The Hall–Kier alpha value is -1.67. The normalized spacial score (nSPS) is 21.8. The maximum absolute atomic E-state index is 12.4. The van der Waals surface area contributed by atoms with E-state index in [1.807, 2.05) is 4.90 Å². The number of hydrogen-bond acceptors (Lipinski definition) is 6. The summed E-state index contributed by atoms with van der Waals surface area (Å²) >= 11 is 0. The summed E-state index contributed by atoms with van der Waals surface area (Å²) in [6.45, 7) is 7.78. The fourth-order valence-corrected chi connectivity index (χ4v) is 3.72. The smallest absolute Gasteiger partial charge is 0.239 e. The van der Waals surface area contributed by atoms with E-state index in [0.717, 1.165) is 52.2 Å². The van der Waals surface area contributed by atoms with E-state index in [2.05, 4.69) is 27.0 Å². The Morgan fingerprint density at radius 1 is 1.33 bits per heavy atom. The first kappa shape index (κ1) is 17.2. The number of aromatic amines is 1. The predicted molar refractivity (Wildman–Crippen MR) is 90.3 cm³/mol. The Bertz CT molecular complexity index is 534. The van der Waals surface area contributed by atoms with Crippen LogP contribution in [0.25, 0.3) is 0 Å². The van der Waals surface area contributed by atoms with E-state index in [9.17, 15) is 4.79 Å². The topological polar surface area (TPSA) is 100 Å². The van der Waals surface area contributed by atoms with Crippen molar-refractivity contribution in [2.45, 2.75) is 38.6 Å². The molecule has 1 amide bonds. The molecular formula is C16H28N6O2. The summed E-state index contributed by atoms with van der Waals surface area (Å²) in [7, 11) is 0. The maximum Gasteiger partial charge on any atom is 0.239 e. The van der Waals surface area contributed by atoms with Crippen molar-refractivity contribution in [2.75, 3.05) is 45.1 Å². The van der Waals surface area contributed by atoms with Gasteiger partial charge >= 0.3 is 0 Å². The van der Waals surface area contributed by atoms with Crippen LogP contribution in [0, 0.1) is 5.92 Å². The number of amides is 1. The second-order valence-electron chi connectivity index (χ2n) is 6.75. The van der Waals surface area contributed by atoms with Crippen LogP contribution in [0.15, 0.2) is 0 Å². The Morgan fingerprint density at radius 3 is 2.67 bits per heavy atom. The van der Waals surface area contributed by atoms with E-state index in [-0.39, 0.29) is 11.9 Å². The van der Waals surface area contributed by atoms with Crippen molar-refractivity contribution >= 4 is 11.9 Å². The molecule has 0 radical (unpaired) electrons. The number of likely N-dealkylation sites (tertiary alicyclic amines) is 1. The number of nitrogen functional groups attached to an aromatic ring is 1. The molecule has 0 saturated carbocycles. The number of carbonyl (C=O) groups is 1. The van der Waals surface area contributed by atoms with Crippen LogP contribution in [-0.2, 0) is 16.0 Å². The summed E-state index contributed by atoms with van der Waals surface area (Å²) in [4.78, 5) is 20.9. The largest absolute Gasteiger partial charge is 0.379 e. The monoisotopic (exact) mass is 336 g/mol.